The highest BCUT2D eigenvalue weighted by molar-refractivity contribution is 6.12. The molecule has 250 valence electrons. The van der Waals surface area contributed by atoms with Crippen LogP contribution in [0.2, 0.25) is 0 Å². The number of para-hydroxylation sites is 3. The molecule has 2 heterocycles. The SMILES string of the molecule is [C-]#[N+]c1ccc2c(c1)c1cc(C#N)ccc1n2-c1ccc(-c2cccc(-c3ccccc3)c2-n2c3ccccc3c3ccccc32)cc1-c1ccccc1. The summed E-state index contributed by atoms with van der Waals surface area (Å²) in [5, 5.41) is 14.1. The Morgan fingerprint density at radius 3 is 1.63 bits per heavy atom. The summed E-state index contributed by atoms with van der Waals surface area (Å²) in [5.41, 5.74) is 14.2. The van der Waals surface area contributed by atoms with E-state index in [1.807, 2.05) is 42.5 Å². The van der Waals surface area contributed by atoms with Gasteiger partial charge >= 0.3 is 0 Å². The normalized spacial score (nSPS) is 11.3. The monoisotopic (exact) mass is 686 g/mol. The van der Waals surface area contributed by atoms with Crippen molar-refractivity contribution in [2.75, 3.05) is 0 Å². The fraction of sp³-hybridized carbons (Fsp3) is 0. The smallest absolute Gasteiger partial charge is 0.188 e. The van der Waals surface area contributed by atoms with Gasteiger partial charge in [0.05, 0.1) is 51.6 Å². The molecule has 0 spiro atoms. The molecule has 0 radical (unpaired) electrons. The average molecular weight is 687 g/mol. The molecule has 0 saturated heterocycles. The lowest BCUT2D eigenvalue weighted by molar-refractivity contribution is 1.17. The standard InChI is InChI=1S/C50H30N4/c1-52-37-25-28-49-44(31-37)43-29-33(32-51)23-26-48(43)53(49)47-27-24-36(30-42(47)35-15-6-3-7-16-35)39-20-12-19-38(34-13-4-2-5-14-34)50(39)54-45-21-10-8-17-40(45)41-18-9-11-22-46(41)54/h2-31H. The Morgan fingerprint density at radius 2 is 0.981 bits per heavy atom. The van der Waals surface area contributed by atoms with Crippen LogP contribution >= 0.6 is 0 Å². The molecule has 0 fully saturated rings. The van der Waals surface area contributed by atoms with Crippen LogP contribution in [-0.2, 0) is 0 Å². The second kappa shape index (κ2) is 12.5. The van der Waals surface area contributed by atoms with E-state index in [-0.39, 0.29) is 0 Å². The van der Waals surface area contributed by atoms with E-state index in [0.29, 0.717) is 11.3 Å². The lowest BCUT2D eigenvalue weighted by Crippen LogP contribution is -2.02. The molecule has 10 aromatic rings. The Bertz CT molecular complexity index is 3050. The van der Waals surface area contributed by atoms with Crippen LogP contribution in [0.15, 0.2) is 182 Å². The summed E-state index contributed by atoms with van der Waals surface area (Å²) in [5.74, 6) is 0. The van der Waals surface area contributed by atoms with Crippen molar-refractivity contribution in [3.8, 4) is 50.8 Å². The van der Waals surface area contributed by atoms with Gasteiger partial charge in [0.15, 0.2) is 5.69 Å². The molecule has 4 nitrogen and oxygen atoms in total. The van der Waals surface area contributed by atoms with Crippen LogP contribution in [0, 0.1) is 17.9 Å². The van der Waals surface area contributed by atoms with Crippen molar-refractivity contribution in [1.29, 1.82) is 5.26 Å². The molecule has 10 rings (SSSR count). The Labute approximate surface area is 312 Å². The van der Waals surface area contributed by atoms with Gasteiger partial charge in [-0.2, -0.15) is 5.26 Å². The number of hydrogen-bond donors (Lipinski definition) is 0. The van der Waals surface area contributed by atoms with E-state index in [9.17, 15) is 5.26 Å². The highest BCUT2D eigenvalue weighted by atomic mass is 15.0. The van der Waals surface area contributed by atoms with Crippen LogP contribution in [0.1, 0.15) is 5.56 Å². The number of fused-ring (bicyclic) bond motifs is 6. The number of rotatable bonds is 5. The largest absolute Gasteiger partial charge is 0.309 e. The number of aromatic nitrogens is 2. The lowest BCUT2D eigenvalue weighted by Gasteiger charge is -2.21. The van der Waals surface area contributed by atoms with Gasteiger partial charge in [-0.3, -0.25) is 0 Å². The fourth-order valence-corrected chi connectivity index (χ4v) is 8.19. The minimum Gasteiger partial charge on any atom is -0.309 e. The maximum Gasteiger partial charge on any atom is 0.188 e. The summed E-state index contributed by atoms with van der Waals surface area (Å²) in [6.45, 7) is 7.72. The molecule has 2 aromatic heterocycles. The Balaban J connectivity index is 1.30. The lowest BCUT2D eigenvalue weighted by atomic mass is 9.92. The van der Waals surface area contributed by atoms with Crippen molar-refractivity contribution < 1.29 is 0 Å². The molecule has 0 atom stereocenters. The van der Waals surface area contributed by atoms with Crippen LogP contribution in [-0.4, -0.2) is 9.13 Å². The molecule has 0 aliphatic carbocycles. The minimum atomic E-state index is 0.568. The van der Waals surface area contributed by atoms with Gasteiger partial charge in [-0.15, -0.1) is 0 Å². The topological polar surface area (TPSA) is 38.0 Å². The highest BCUT2D eigenvalue weighted by Crippen LogP contribution is 2.44. The Kier molecular flexibility index (Phi) is 7.22. The van der Waals surface area contributed by atoms with Crippen molar-refractivity contribution in [2.24, 2.45) is 0 Å². The van der Waals surface area contributed by atoms with Gasteiger partial charge in [-0.25, -0.2) is 4.85 Å². The molecule has 0 unspecified atom stereocenters. The van der Waals surface area contributed by atoms with Crippen LogP contribution in [0.5, 0.6) is 0 Å². The number of hydrogen-bond acceptors (Lipinski definition) is 1. The van der Waals surface area contributed by atoms with Crippen LogP contribution in [0.4, 0.5) is 5.69 Å². The van der Waals surface area contributed by atoms with Gasteiger partial charge in [0, 0.05) is 32.8 Å². The summed E-state index contributed by atoms with van der Waals surface area (Å²) < 4.78 is 4.72. The van der Waals surface area contributed by atoms with E-state index in [0.717, 1.165) is 77.6 Å². The summed E-state index contributed by atoms with van der Waals surface area (Å²) in [4.78, 5) is 3.73. The van der Waals surface area contributed by atoms with Gasteiger partial charge in [-0.1, -0.05) is 127 Å². The summed E-state index contributed by atoms with van der Waals surface area (Å²) in [6.07, 6.45) is 0. The molecule has 0 saturated carbocycles. The quantitative estimate of drug-likeness (QED) is 0.166. The van der Waals surface area contributed by atoms with E-state index in [1.165, 1.54) is 10.8 Å². The van der Waals surface area contributed by atoms with E-state index in [1.54, 1.807) is 0 Å². The van der Waals surface area contributed by atoms with Crippen molar-refractivity contribution in [3.63, 3.8) is 0 Å². The zero-order valence-electron chi connectivity index (χ0n) is 29.1. The Morgan fingerprint density at radius 1 is 0.426 bits per heavy atom. The van der Waals surface area contributed by atoms with Crippen molar-refractivity contribution in [1.82, 2.24) is 9.13 Å². The molecule has 0 amide bonds. The third-order valence-corrected chi connectivity index (χ3v) is 10.6. The highest BCUT2D eigenvalue weighted by Gasteiger charge is 2.22. The van der Waals surface area contributed by atoms with E-state index >= 15 is 0 Å². The first-order valence-corrected chi connectivity index (χ1v) is 17.9. The third kappa shape index (κ3) is 4.83. The number of benzene rings is 8. The number of nitriles is 1. The molecule has 0 aliphatic rings. The van der Waals surface area contributed by atoms with Crippen molar-refractivity contribution in [3.05, 3.63) is 199 Å². The molecule has 4 heteroatoms. The second-order valence-corrected chi connectivity index (χ2v) is 13.5. The Hall–Kier alpha value is -7.66. The molecule has 54 heavy (non-hydrogen) atoms. The first-order valence-electron chi connectivity index (χ1n) is 17.9. The van der Waals surface area contributed by atoms with E-state index in [2.05, 4.69) is 160 Å². The van der Waals surface area contributed by atoms with Crippen LogP contribution in [0.3, 0.4) is 0 Å². The maximum atomic E-state index is 9.82. The van der Waals surface area contributed by atoms with Gasteiger partial charge in [0.2, 0.25) is 0 Å². The average Bonchev–Trinajstić information content (AvgIpc) is 3.75. The molecular formula is C50H30N4. The molecule has 0 aliphatic heterocycles. The van der Waals surface area contributed by atoms with E-state index in [4.69, 9.17) is 6.57 Å². The van der Waals surface area contributed by atoms with Gasteiger partial charge in [0.1, 0.15) is 0 Å². The van der Waals surface area contributed by atoms with Gasteiger partial charge in [0.25, 0.3) is 0 Å². The summed E-state index contributed by atoms with van der Waals surface area (Å²) in [7, 11) is 0. The predicted octanol–water partition coefficient (Wildman–Crippen LogP) is 13.3. The molecular weight excluding hydrogens is 657 g/mol. The van der Waals surface area contributed by atoms with Gasteiger partial charge in [-0.05, 0) is 76.7 Å². The van der Waals surface area contributed by atoms with Crippen molar-refractivity contribution in [2.45, 2.75) is 0 Å². The van der Waals surface area contributed by atoms with Crippen LogP contribution in [0.25, 0.3) is 93.2 Å². The minimum absolute atomic E-state index is 0.568. The van der Waals surface area contributed by atoms with Crippen LogP contribution < -0.4 is 0 Å². The fourth-order valence-electron chi connectivity index (χ4n) is 8.19. The zero-order chi connectivity index (χ0) is 36.2. The summed E-state index contributed by atoms with van der Waals surface area (Å²) in [6, 6.07) is 65.9. The second-order valence-electron chi connectivity index (χ2n) is 13.5. The van der Waals surface area contributed by atoms with Gasteiger partial charge < -0.3 is 9.13 Å². The maximum absolute atomic E-state index is 9.82. The molecule has 0 bridgehead atoms. The first-order chi connectivity index (χ1) is 26.7. The first kappa shape index (κ1) is 31.1. The van der Waals surface area contributed by atoms with Crippen molar-refractivity contribution >= 4 is 49.3 Å². The molecule has 8 aromatic carbocycles. The predicted molar refractivity (Wildman–Crippen MR) is 222 cm³/mol. The number of nitrogens with zero attached hydrogens (tertiary/aromatic N) is 4. The van der Waals surface area contributed by atoms with E-state index < -0.39 is 0 Å². The zero-order valence-corrected chi connectivity index (χ0v) is 29.1. The molecule has 0 N–H and O–H groups in total. The third-order valence-electron chi connectivity index (χ3n) is 10.6. The summed E-state index contributed by atoms with van der Waals surface area (Å²) >= 11 is 0.